The number of benzene rings is 1. The molecule has 0 heterocycles. The molecule has 4 heteroatoms. The molecule has 0 amide bonds. The zero-order valence-corrected chi connectivity index (χ0v) is 10.2. The second-order valence-corrected chi connectivity index (χ2v) is 4.49. The van der Waals surface area contributed by atoms with Gasteiger partial charge in [-0.05, 0) is 18.2 Å². The number of rotatable bonds is 4. The number of carbonyl (C=O) groups is 1. The summed E-state index contributed by atoms with van der Waals surface area (Å²) in [4.78, 5) is 11.7. The minimum Gasteiger partial charge on any atom is -0.307 e. The fraction of sp³-hybridized carbons (Fsp3) is 0.364. The van der Waals surface area contributed by atoms with Crippen LogP contribution in [0.25, 0.3) is 0 Å². The normalized spacial score (nSPS) is 10.7. The molecule has 0 unspecified atom stereocenters. The van der Waals surface area contributed by atoms with E-state index < -0.39 is 0 Å². The van der Waals surface area contributed by atoms with Gasteiger partial charge in [0, 0.05) is 21.7 Å². The highest BCUT2D eigenvalue weighted by molar-refractivity contribution is 6.35. The van der Waals surface area contributed by atoms with E-state index in [4.69, 9.17) is 23.2 Å². The lowest BCUT2D eigenvalue weighted by atomic mass is 10.1. The minimum absolute atomic E-state index is 0.00639. The van der Waals surface area contributed by atoms with Crippen LogP contribution in [0.1, 0.15) is 24.2 Å². The summed E-state index contributed by atoms with van der Waals surface area (Å²) in [6.45, 7) is 4.27. The first-order chi connectivity index (χ1) is 6.99. The molecule has 0 aliphatic rings. The third-order valence-electron chi connectivity index (χ3n) is 1.86. The third-order valence-corrected chi connectivity index (χ3v) is 2.29. The van der Waals surface area contributed by atoms with E-state index in [1.54, 1.807) is 18.2 Å². The molecule has 0 aliphatic heterocycles. The summed E-state index contributed by atoms with van der Waals surface area (Å²) in [7, 11) is 0. The third kappa shape index (κ3) is 4.20. The van der Waals surface area contributed by atoms with Crippen molar-refractivity contribution >= 4 is 29.0 Å². The summed E-state index contributed by atoms with van der Waals surface area (Å²) >= 11 is 11.6. The summed E-state index contributed by atoms with van der Waals surface area (Å²) in [5.74, 6) is -0.00639. The summed E-state index contributed by atoms with van der Waals surface area (Å²) in [6, 6.07) is 5.13. The monoisotopic (exact) mass is 245 g/mol. The molecule has 0 saturated carbocycles. The first kappa shape index (κ1) is 12.5. The van der Waals surface area contributed by atoms with Crippen molar-refractivity contribution in [2.24, 2.45) is 0 Å². The Morgan fingerprint density at radius 1 is 1.27 bits per heavy atom. The smallest absolute Gasteiger partial charge is 0.176 e. The van der Waals surface area contributed by atoms with E-state index in [-0.39, 0.29) is 11.8 Å². The molecular weight excluding hydrogens is 233 g/mol. The Labute approximate surface area is 99.6 Å². The van der Waals surface area contributed by atoms with E-state index in [1.165, 1.54) is 0 Å². The van der Waals surface area contributed by atoms with Gasteiger partial charge in [0.1, 0.15) is 0 Å². The molecule has 1 N–H and O–H groups in total. The number of hydrogen-bond donors (Lipinski definition) is 1. The van der Waals surface area contributed by atoms with Crippen LogP contribution in [0.4, 0.5) is 0 Å². The standard InChI is InChI=1S/C11H13Cl2NO/c1-7(2)14-6-11(15)8-3-9(12)5-10(13)4-8/h3-5,7,14H,6H2,1-2H3. The highest BCUT2D eigenvalue weighted by atomic mass is 35.5. The molecule has 0 bridgehead atoms. The molecule has 0 aliphatic carbocycles. The average Bonchev–Trinajstić information content (AvgIpc) is 2.12. The van der Waals surface area contributed by atoms with Gasteiger partial charge in [-0.1, -0.05) is 37.0 Å². The van der Waals surface area contributed by atoms with E-state index in [1.807, 2.05) is 13.8 Å². The van der Waals surface area contributed by atoms with Gasteiger partial charge in [0.05, 0.1) is 6.54 Å². The van der Waals surface area contributed by atoms with E-state index in [2.05, 4.69) is 5.32 Å². The van der Waals surface area contributed by atoms with Crippen LogP contribution < -0.4 is 5.32 Å². The van der Waals surface area contributed by atoms with Crippen molar-refractivity contribution in [3.05, 3.63) is 33.8 Å². The molecule has 2 nitrogen and oxygen atoms in total. The number of carbonyl (C=O) groups excluding carboxylic acids is 1. The number of halogens is 2. The first-order valence-corrected chi connectivity index (χ1v) is 5.47. The number of hydrogen-bond acceptors (Lipinski definition) is 2. The predicted molar refractivity (Wildman–Crippen MR) is 63.9 cm³/mol. The van der Waals surface area contributed by atoms with E-state index in [0.717, 1.165) is 0 Å². The van der Waals surface area contributed by atoms with Crippen LogP contribution in [0, 0.1) is 0 Å². The number of Topliss-reactive ketones (excluding diaryl/α,β-unsaturated/α-hetero) is 1. The molecule has 15 heavy (non-hydrogen) atoms. The van der Waals surface area contributed by atoms with Crippen LogP contribution in [0.5, 0.6) is 0 Å². The van der Waals surface area contributed by atoms with Gasteiger partial charge in [0.2, 0.25) is 0 Å². The van der Waals surface area contributed by atoms with Crippen molar-refractivity contribution in [3.8, 4) is 0 Å². The average molecular weight is 246 g/mol. The van der Waals surface area contributed by atoms with E-state index in [9.17, 15) is 4.79 Å². The topological polar surface area (TPSA) is 29.1 Å². The second kappa shape index (κ2) is 5.50. The largest absolute Gasteiger partial charge is 0.307 e. The van der Waals surface area contributed by atoms with Crippen LogP contribution in [-0.2, 0) is 0 Å². The molecule has 0 fully saturated rings. The summed E-state index contributed by atoms with van der Waals surface area (Å²) in [6.07, 6.45) is 0. The Morgan fingerprint density at radius 3 is 2.27 bits per heavy atom. The SMILES string of the molecule is CC(C)NCC(=O)c1cc(Cl)cc(Cl)c1. The fourth-order valence-corrected chi connectivity index (χ4v) is 1.64. The van der Waals surface area contributed by atoms with Gasteiger partial charge in [0.15, 0.2) is 5.78 Å². The van der Waals surface area contributed by atoms with Crippen molar-refractivity contribution in [2.75, 3.05) is 6.54 Å². The van der Waals surface area contributed by atoms with Gasteiger partial charge in [0.25, 0.3) is 0 Å². The minimum atomic E-state index is -0.00639. The molecule has 1 aromatic rings. The van der Waals surface area contributed by atoms with Crippen LogP contribution in [0.2, 0.25) is 10.0 Å². The van der Waals surface area contributed by atoms with Gasteiger partial charge in [-0.2, -0.15) is 0 Å². The van der Waals surface area contributed by atoms with E-state index >= 15 is 0 Å². The molecule has 0 atom stereocenters. The lowest BCUT2D eigenvalue weighted by molar-refractivity contribution is 0.0988. The summed E-state index contributed by atoms with van der Waals surface area (Å²) in [5.41, 5.74) is 0.542. The predicted octanol–water partition coefficient (Wildman–Crippen LogP) is 3.17. The molecule has 0 saturated heterocycles. The molecule has 1 rings (SSSR count). The molecule has 82 valence electrons. The maximum atomic E-state index is 11.7. The lowest BCUT2D eigenvalue weighted by Crippen LogP contribution is -2.29. The van der Waals surface area contributed by atoms with Gasteiger partial charge in [-0.3, -0.25) is 4.79 Å². The van der Waals surface area contributed by atoms with Gasteiger partial charge in [-0.25, -0.2) is 0 Å². The Hall–Kier alpha value is -0.570. The van der Waals surface area contributed by atoms with Gasteiger partial charge >= 0.3 is 0 Å². The molecule has 0 aromatic heterocycles. The van der Waals surface area contributed by atoms with Crippen LogP contribution in [-0.4, -0.2) is 18.4 Å². The van der Waals surface area contributed by atoms with Crippen molar-refractivity contribution in [1.29, 1.82) is 0 Å². The number of nitrogens with one attached hydrogen (secondary N) is 1. The van der Waals surface area contributed by atoms with Gasteiger partial charge in [-0.15, -0.1) is 0 Å². The Morgan fingerprint density at radius 2 is 1.80 bits per heavy atom. The quantitative estimate of drug-likeness (QED) is 0.826. The lowest BCUT2D eigenvalue weighted by Gasteiger charge is -2.07. The Bertz CT molecular complexity index is 343. The van der Waals surface area contributed by atoms with Crippen molar-refractivity contribution in [2.45, 2.75) is 19.9 Å². The maximum absolute atomic E-state index is 11.7. The van der Waals surface area contributed by atoms with Crippen LogP contribution in [0.3, 0.4) is 0 Å². The first-order valence-electron chi connectivity index (χ1n) is 4.71. The van der Waals surface area contributed by atoms with Crippen molar-refractivity contribution < 1.29 is 4.79 Å². The van der Waals surface area contributed by atoms with Crippen LogP contribution >= 0.6 is 23.2 Å². The summed E-state index contributed by atoms with van der Waals surface area (Å²) < 4.78 is 0. The van der Waals surface area contributed by atoms with Crippen molar-refractivity contribution in [3.63, 3.8) is 0 Å². The second-order valence-electron chi connectivity index (χ2n) is 3.62. The maximum Gasteiger partial charge on any atom is 0.176 e. The Balaban J connectivity index is 2.73. The summed E-state index contributed by atoms with van der Waals surface area (Å²) in [5, 5.41) is 4.01. The van der Waals surface area contributed by atoms with Gasteiger partial charge < -0.3 is 5.32 Å². The zero-order valence-electron chi connectivity index (χ0n) is 8.68. The van der Waals surface area contributed by atoms with E-state index in [0.29, 0.717) is 22.2 Å². The molecule has 1 aromatic carbocycles. The molecule has 0 spiro atoms. The Kier molecular flexibility index (Phi) is 4.58. The highest BCUT2D eigenvalue weighted by Gasteiger charge is 2.08. The number of ketones is 1. The van der Waals surface area contributed by atoms with Crippen LogP contribution in [0.15, 0.2) is 18.2 Å². The van der Waals surface area contributed by atoms with Crippen molar-refractivity contribution in [1.82, 2.24) is 5.32 Å². The molecular formula is C11H13Cl2NO. The fourth-order valence-electron chi connectivity index (χ4n) is 1.11. The molecule has 0 radical (unpaired) electrons. The zero-order chi connectivity index (χ0) is 11.4. The highest BCUT2D eigenvalue weighted by Crippen LogP contribution is 2.19.